The van der Waals surface area contributed by atoms with Crippen molar-refractivity contribution in [1.29, 1.82) is 0 Å². The third-order valence-electron chi connectivity index (χ3n) is 5.37. The summed E-state index contributed by atoms with van der Waals surface area (Å²) in [5.41, 5.74) is 5.09. The van der Waals surface area contributed by atoms with Crippen LogP contribution < -0.4 is 10.1 Å². The van der Waals surface area contributed by atoms with Crippen molar-refractivity contribution in [2.24, 2.45) is 0 Å². The van der Waals surface area contributed by atoms with Crippen molar-refractivity contribution in [2.75, 3.05) is 12.4 Å². The molecule has 0 aliphatic rings. The first-order valence-corrected chi connectivity index (χ1v) is 10.5. The molecule has 0 fully saturated rings. The van der Waals surface area contributed by atoms with Gasteiger partial charge in [0.2, 0.25) is 0 Å². The molecule has 1 atom stereocenters. The topological polar surface area (TPSA) is 98.0 Å². The van der Waals surface area contributed by atoms with Crippen molar-refractivity contribution < 1.29 is 14.2 Å². The minimum atomic E-state index is -0.405. The number of methoxy groups -OCH3 is 1. The summed E-state index contributed by atoms with van der Waals surface area (Å²) >= 11 is 0. The first kappa shape index (κ1) is 22.3. The van der Waals surface area contributed by atoms with Gasteiger partial charge in [-0.15, -0.1) is 10.2 Å². The average molecular weight is 449 g/mol. The number of aliphatic hydroxyl groups excluding tert-OH is 1. The standard InChI is InChI=1S/C24H25FN6O2/c1-14-9-20(19-7-8-22(21(12-32)28-19)31-11-15(2)26-13-31)29-30-24(14)27-16(3)17-5-6-18(25)23(10-17)33-4/h5-11,13,16,32H,12H2,1-4H3,(H,27,30)/t16-/m0/s1. The van der Waals surface area contributed by atoms with Crippen molar-refractivity contribution in [2.45, 2.75) is 33.4 Å². The Kier molecular flexibility index (Phi) is 6.32. The van der Waals surface area contributed by atoms with Crippen LogP contribution in [0.4, 0.5) is 10.2 Å². The monoisotopic (exact) mass is 448 g/mol. The summed E-state index contributed by atoms with van der Waals surface area (Å²) in [5, 5.41) is 21.8. The minimum absolute atomic E-state index is 0.143. The third kappa shape index (κ3) is 4.68. The van der Waals surface area contributed by atoms with Gasteiger partial charge in [0.1, 0.15) is 5.69 Å². The van der Waals surface area contributed by atoms with Gasteiger partial charge in [-0.2, -0.15) is 0 Å². The van der Waals surface area contributed by atoms with Gasteiger partial charge in [-0.1, -0.05) is 6.07 Å². The smallest absolute Gasteiger partial charge is 0.165 e. The zero-order valence-corrected chi connectivity index (χ0v) is 18.9. The Bertz CT molecular complexity index is 1290. The number of aliphatic hydroxyl groups is 1. The van der Waals surface area contributed by atoms with Crippen LogP contribution in [-0.2, 0) is 6.61 Å². The van der Waals surface area contributed by atoms with Gasteiger partial charge in [0.15, 0.2) is 17.4 Å². The van der Waals surface area contributed by atoms with Gasteiger partial charge in [-0.3, -0.25) is 0 Å². The number of nitrogens with one attached hydrogen (secondary N) is 1. The van der Waals surface area contributed by atoms with Gasteiger partial charge in [-0.25, -0.2) is 14.4 Å². The molecule has 0 bridgehead atoms. The number of aryl methyl sites for hydroxylation is 2. The number of imidazole rings is 1. The van der Waals surface area contributed by atoms with Crippen LogP contribution in [0.2, 0.25) is 0 Å². The third-order valence-corrected chi connectivity index (χ3v) is 5.37. The molecule has 0 unspecified atom stereocenters. The number of aromatic nitrogens is 5. The van der Waals surface area contributed by atoms with E-state index in [9.17, 15) is 9.50 Å². The summed E-state index contributed by atoms with van der Waals surface area (Å²) in [6.45, 7) is 5.56. The number of halogens is 1. The van der Waals surface area contributed by atoms with E-state index in [0.29, 0.717) is 22.9 Å². The van der Waals surface area contributed by atoms with E-state index in [1.165, 1.54) is 13.2 Å². The Labute approximate surface area is 191 Å². The minimum Gasteiger partial charge on any atom is -0.494 e. The molecule has 0 aliphatic carbocycles. The van der Waals surface area contributed by atoms with Crippen molar-refractivity contribution in [1.82, 2.24) is 24.7 Å². The van der Waals surface area contributed by atoms with Gasteiger partial charge in [0, 0.05) is 6.20 Å². The number of nitrogens with zero attached hydrogens (tertiary/aromatic N) is 5. The molecule has 0 saturated carbocycles. The molecule has 8 nitrogen and oxygen atoms in total. The predicted molar refractivity (Wildman–Crippen MR) is 123 cm³/mol. The van der Waals surface area contributed by atoms with E-state index < -0.39 is 5.82 Å². The molecule has 9 heteroatoms. The van der Waals surface area contributed by atoms with Gasteiger partial charge >= 0.3 is 0 Å². The van der Waals surface area contributed by atoms with Crippen LogP contribution in [0.15, 0.2) is 48.9 Å². The summed E-state index contributed by atoms with van der Waals surface area (Å²) in [6, 6.07) is 10.2. The number of hydrogen-bond donors (Lipinski definition) is 2. The van der Waals surface area contributed by atoms with Crippen molar-refractivity contribution >= 4 is 5.82 Å². The van der Waals surface area contributed by atoms with Gasteiger partial charge in [-0.05, 0) is 62.2 Å². The maximum Gasteiger partial charge on any atom is 0.165 e. The Morgan fingerprint density at radius 1 is 1.12 bits per heavy atom. The number of ether oxygens (including phenoxy) is 1. The highest BCUT2D eigenvalue weighted by Gasteiger charge is 2.14. The predicted octanol–water partition coefficient (Wildman–Crippen LogP) is 4.15. The summed E-state index contributed by atoms with van der Waals surface area (Å²) in [5.74, 6) is 0.402. The molecule has 3 heterocycles. The molecular weight excluding hydrogens is 423 g/mol. The quantitative estimate of drug-likeness (QED) is 0.438. The highest BCUT2D eigenvalue weighted by molar-refractivity contribution is 5.60. The highest BCUT2D eigenvalue weighted by Crippen LogP contribution is 2.27. The lowest BCUT2D eigenvalue weighted by atomic mass is 10.1. The molecule has 0 spiro atoms. The fraction of sp³-hybridized carbons (Fsp3) is 0.250. The highest BCUT2D eigenvalue weighted by atomic mass is 19.1. The van der Waals surface area contributed by atoms with E-state index in [4.69, 9.17) is 4.74 Å². The SMILES string of the molecule is COc1cc([C@H](C)Nc2nnc(-c3ccc(-n4cnc(C)c4)c(CO)n3)cc2C)ccc1F. The van der Waals surface area contributed by atoms with Gasteiger partial charge in [0.05, 0.1) is 48.9 Å². The maximum absolute atomic E-state index is 13.7. The van der Waals surface area contributed by atoms with Crippen LogP contribution >= 0.6 is 0 Å². The van der Waals surface area contributed by atoms with E-state index in [1.54, 1.807) is 18.5 Å². The van der Waals surface area contributed by atoms with Crippen molar-refractivity contribution in [3.63, 3.8) is 0 Å². The molecule has 0 amide bonds. The molecule has 2 N–H and O–H groups in total. The number of hydrogen-bond acceptors (Lipinski definition) is 7. The number of pyridine rings is 1. The second-order valence-electron chi connectivity index (χ2n) is 7.76. The molecule has 4 aromatic rings. The molecule has 1 aromatic carbocycles. The van der Waals surface area contributed by atoms with Crippen LogP contribution in [0, 0.1) is 19.7 Å². The normalized spacial score (nSPS) is 11.9. The zero-order valence-electron chi connectivity index (χ0n) is 18.9. The van der Waals surface area contributed by atoms with Crippen LogP contribution in [0.1, 0.15) is 35.5 Å². The Morgan fingerprint density at radius 3 is 2.61 bits per heavy atom. The molecule has 0 radical (unpaired) electrons. The van der Waals surface area contributed by atoms with E-state index in [1.807, 2.05) is 49.7 Å². The lowest BCUT2D eigenvalue weighted by molar-refractivity contribution is 0.276. The van der Waals surface area contributed by atoms with E-state index >= 15 is 0 Å². The first-order chi connectivity index (χ1) is 15.9. The zero-order chi connectivity index (χ0) is 23.5. The summed E-state index contributed by atoms with van der Waals surface area (Å²) in [4.78, 5) is 8.81. The second-order valence-corrected chi connectivity index (χ2v) is 7.76. The number of benzene rings is 1. The number of anilines is 1. The molecule has 0 saturated heterocycles. The maximum atomic E-state index is 13.7. The Morgan fingerprint density at radius 2 is 1.94 bits per heavy atom. The van der Waals surface area contributed by atoms with Crippen LogP contribution in [-0.4, -0.2) is 36.9 Å². The fourth-order valence-electron chi connectivity index (χ4n) is 3.53. The Balaban J connectivity index is 1.57. The largest absolute Gasteiger partial charge is 0.494 e. The number of rotatable bonds is 7. The van der Waals surface area contributed by atoms with Crippen LogP contribution in [0.25, 0.3) is 17.1 Å². The van der Waals surface area contributed by atoms with Crippen LogP contribution in [0.5, 0.6) is 5.75 Å². The Hall–Kier alpha value is -3.85. The van der Waals surface area contributed by atoms with E-state index in [-0.39, 0.29) is 18.4 Å². The summed E-state index contributed by atoms with van der Waals surface area (Å²) in [7, 11) is 1.44. The first-order valence-electron chi connectivity index (χ1n) is 10.5. The average Bonchev–Trinajstić information content (AvgIpc) is 3.26. The van der Waals surface area contributed by atoms with Gasteiger partial charge in [0.25, 0.3) is 0 Å². The molecule has 3 aromatic heterocycles. The summed E-state index contributed by atoms with van der Waals surface area (Å²) < 4.78 is 20.6. The summed E-state index contributed by atoms with van der Waals surface area (Å²) in [6.07, 6.45) is 3.56. The lowest BCUT2D eigenvalue weighted by Crippen LogP contribution is -2.11. The van der Waals surface area contributed by atoms with E-state index in [2.05, 4.69) is 25.5 Å². The molecular formula is C24H25FN6O2. The van der Waals surface area contributed by atoms with Crippen molar-refractivity contribution in [3.8, 4) is 22.8 Å². The second kappa shape index (κ2) is 9.33. The van der Waals surface area contributed by atoms with E-state index in [0.717, 1.165) is 22.5 Å². The van der Waals surface area contributed by atoms with Crippen molar-refractivity contribution in [3.05, 3.63) is 77.3 Å². The fourth-order valence-corrected chi connectivity index (χ4v) is 3.53. The van der Waals surface area contributed by atoms with Crippen LogP contribution in [0.3, 0.4) is 0 Å². The molecule has 4 rings (SSSR count). The lowest BCUT2D eigenvalue weighted by Gasteiger charge is -2.17. The molecule has 33 heavy (non-hydrogen) atoms. The van der Waals surface area contributed by atoms with Gasteiger partial charge < -0.3 is 19.7 Å². The molecule has 170 valence electrons. The molecule has 0 aliphatic heterocycles.